The van der Waals surface area contributed by atoms with Crippen LogP contribution in [0.5, 0.6) is 0 Å². The van der Waals surface area contributed by atoms with Gasteiger partial charge in [-0.2, -0.15) is 4.98 Å². The van der Waals surface area contributed by atoms with Crippen molar-refractivity contribution in [2.45, 2.75) is 46.2 Å². The molecule has 5 rings (SSSR count). The molecule has 5 nitrogen and oxygen atoms in total. The number of allylic oxidation sites excluding steroid dienone is 1. The van der Waals surface area contributed by atoms with Crippen molar-refractivity contribution in [2.75, 3.05) is 0 Å². The predicted molar refractivity (Wildman–Crippen MR) is 148 cm³/mol. The Bertz CT molecular complexity index is 1370. The summed E-state index contributed by atoms with van der Waals surface area (Å²) in [5.41, 5.74) is 7.73. The monoisotopic (exact) mass is 494 g/mol. The molecule has 0 spiro atoms. The normalized spacial score (nSPS) is 15.8. The third kappa shape index (κ3) is 4.82. The fourth-order valence-corrected chi connectivity index (χ4v) is 4.87. The van der Waals surface area contributed by atoms with Crippen LogP contribution < -0.4 is 5.32 Å². The second-order valence-electron chi connectivity index (χ2n) is 9.02. The van der Waals surface area contributed by atoms with Gasteiger partial charge in [-0.1, -0.05) is 97.9 Å². The van der Waals surface area contributed by atoms with Gasteiger partial charge in [0.05, 0.1) is 11.6 Å². The molecule has 0 bridgehead atoms. The fourth-order valence-electron chi connectivity index (χ4n) is 4.55. The first-order valence-electron chi connectivity index (χ1n) is 12.4. The molecule has 1 aliphatic heterocycles. The van der Waals surface area contributed by atoms with E-state index in [0.29, 0.717) is 23.4 Å². The SMILES string of the molecule is CCc1ccc(-c2noc(C3=C(C)N(Cc4ccccc4)C(=S)NC3c3ccc(CC)cc3)n2)cc1. The third-order valence-electron chi connectivity index (χ3n) is 6.78. The molecule has 0 amide bonds. The molecule has 0 aliphatic carbocycles. The van der Waals surface area contributed by atoms with Crippen LogP contribution in [-0.2, 0) is 19.4 Å². The summed E-state index contributed by atoms with van der Waals surface area (Å²) in [5.74, 6) is 1.08. The van der Waals surface area contributed by atoms with Gasteiger partial charge in [0.25, 0.3) is 5.89 Å². The Kier molecular flexibility index (Phi) is 6.96. The number of nitrogens with one attached hydrogen (secondary N) is 1. The van der Waals surface area contributed by atoms with Crippen LogP contribution in [-0.4, -0.2) is 20.2 Å². The lowest BCUT2D eigenvalue weighted by atomic mass is 9.93. The topological polar surface area (TPSA) is 54.2 Å². The molecule has 182 valence electrons. The molecule has 0 radical (unpaired) electrons. The summed E-state index contributed by atoms with van der Waals surface area (Å²) in [4.78, 5) is 6.95. The average Bonchev–Trinajstić information content (AvgIpc) is 3.41. The summed E-state index contributed by atoms with van der Waals surface area (Å²) in [6.45, 7) is 7.04. The smallest absolute Gasteiger partial charge is 0.258 e. The predicted octanol–water partition coefficient (Wildman–Crippen LogP) is 6.72. The zero-order valence-electron chi connectivity index (χ0n) is 20.9. The maximum absolute atomic E-state index is 5.89. The van der Waals surface area contributed by atoms with Gasteiger partial charge in [0.1, 0.15) is 0 Å². The molecular weight excluding hydrogens is 464 g/mol. The molecule has 0 saturated heterocycles. The molecule has 1 atom stereocenters. The zero-order valence-corrected chi connectivity index (χ0v) is 21.7. The van der Waals surface area contributed by atoms with Crippen molar-refractivity contribution in [3.8, 4) is 11.4 Å². The highest BCUT2D eigenvalue weighted by atomic mass is 32.1. The maximum atomic E-state index is 5.89. The van der Waals surface area contributed by atoms with Crippen LogP contribution in [0.25, 0.3) is 17.0 Å². The van der Waals surface area contributed by atoms with Crippen molar-refractivity contribution in [3.05, 3.63) is 113 Å². The molecule has 4 aromatic rings. The van der Waals surface area contributed by atoms with E-state index in [1.165, 1.54) is 16.7 Å². The van der Waals surface area contributed by atoms with Crippen LogP contribution in [0.2, 0.25) is 0 Å². The number of hydrogen-bond acceptors (Lipinski definition) is 4. The van der Waals surface area contributed by atoms with Gasteiger partial charge >= 0.3 is 0 Å². The van der Waals surface area contributed by atoms with E-state index in [9.17, 15) is 0 Å². The van der Waals surface area contributed by atoms with E-state index in [4.69, 9.17) is 21.7 Å². The van der Waals surface area contributed by atoms with Crippen LogP contribution >= 0.6 is 12.2 Å². The zero-order chi connectivity index (χ0) is 25.1. The summed E-state index contributed by atoms with van der Waals surface area (Å²) < 4.78 is 5.89. The number of aromatic nitrogens is 2. The lowest BCUT2D eigenvalue weighted by Crippen LogP contribution is -2.45. The van der Waals surface area contributed by atoms with E-state index in [1.807, 2.05) is 30.3 Å². The van der Waals surface area contributed by atoms with E-state index in [2.05, 4.69) is 84.7 Å². The van der Waals surface area contributed by atoms with Gasteiger partial charge < -0.3 is 14.7 Å². The summed E-state index contributed by atoms with van der Waals surface area (Å²) in [6.07, 6.45) is 1.98. The third-order valence-corrected chi connectivity index (χ3v) is 7.12. The summed E-state index contributed by atoms with van der Waals surface area (Å²) in [5, 5.41) is 8.57. The maximum Gasteiger partial charge on any atom is 0.258 e. The Balaban J connectivity index is 1.57. The van der Waals surface area contributed by atoms with Crippen molar-refractivity contribution in [2.24, 2.45) is 0 Å². The quantitative estimate of drug-likeness (QED) is 0.288. The minimum atomic E-state index is -0.189. The van der Waals surface area contributed by atoms with Gasteiger partial charge in [-0.25, -0.2) is 0 Å². The van der Waals surface area contributed by atoms with Crippen LogP contribution in [0, 0.1) is 0 Å². The van der Waals surface area contributed by atoms with Crippen molar-refractivity contribution in [1.29, 1.82) is 0 Å². The molecule has 1 unspecified atom stereocenters. The van der Waals surface area contributed by atoms with E-state index in [-0.39, 0.29) is 6.04 Å². The van der Waals surface area contributed by atoms with Crippen molar-refractivity contribution in [1.82, 2.24) is 20.4 Å². The number of rotatable bonds is 7. The summed E-state index contributed by atoms with van der Waals surface area (Å²) in [7, 11) is 0. The number of nitrogens with zero attached hydrogens (tertiary/aromatic N) is 3. The first-order valence-corrected chi connectivity index (χ1v) is 12.8. The van der Waals surface area contributed by atoms with Gasteiger partial charge in [0, 0.05) is 17.8 Å². The molecule has 0 saturated carbocycles. The molecule has 6 heteroatoms. The highest BCUT2D eigenvalue weighted by Crippen LogP contribution is 2.38. The second-order valence-corrected chi connectivity index (χ2v) is 9.41. The molecule has 1 aromatic heterocycles. The van der Waals surface area contributed by atoms with Crippen LogP contribution in [0.4, 0.5) is 0 Å². The van der Waals surface area contributed by atoms with E-state index in [0.717, 1.165) is 35.2 Å². The van der Waals surface area contributed by atoms with Crippen LogP contribution in [0.1, 0.15) is 55.0 Å². The average molecular weight is 495 g/mol. The molecular formula is C30H30N4OS. The Morgan fingerprint density at radius 1 is 0.861 bits per heavy atom. The lowest BCUT2D eigenvalue weighted by Gasteiger charge is -2.37. The molecule has 3 aromatic carbocycles. The molecule has 1 N–H and O–H groups in total. The van der Waals surface area contributed by atoms with Gasteiger partial charge in [-0.3, -0.25) is 0 Å². The Hall–Kier alpha value is -3.77. The first kappa shape index (κ1) is 23.9. The number of thiocarbonyl (C=S) groups is 1. The number of aryl methyl sites for hydroxylation is 2. The van der Waals surface area contributed by atoms with E-state index in [1.54, 1.807) is 0 Å². The first-order chi connectivity index (χ1) is 17.6. The highest BCUT2D eigenvalue weighted by Gasteiger charge is 2.34. The molecule has 1 aliphatic rings. The Labute approximate surface area is 217 Å². The van der Waals surface area contributed by atoms with E-state index < -0.39 is 0 Å². The number of hydrogen-bond donors (Lipinski definition) is 1. The molecule has 0 fully saturated rings. The van der Waals surface area contributed by atoms with E-state index >= 15 is 0 Å². The van der Waals surface area contributed by atoms with Crippen LogP contribution in [0.3, 0.4) is 0 Å². The van der Waals surface area contributed by atoms with Gasteiger partial charge in [0.15, 0.2) is 5.11 Å². The largest absolute Gasteiger partial charge is 0.351 e. The molecule has 36 heavy (non-hydrogen) atoms. The number of benzene rings is 3. The van der Waals surface area contributed by atoms with Gasteiger partial charge in [-0.05, 0) is 54.2 Å². The molecule has 2 heterocycles. The van der Waals surface area contributed by atoms with Gasteiger partial charge in [0.2, 0.25) is 5.82 Å². The fraction of sp³-hybridized carbons (Fsp3) is 0.233. The minimum Gasteiger partial charge on any atom is -0.351 e. The Morgan fingerprint density at radius 2 is 1.50 bits per heavy atom. The lowest BCUT2D eigenvalue weighted by molar-refractivity contribution is 0.396. The summed E-state index contributed by atoms with van der Waals surface area (Å²) in [6, 6.07) is 27.1. The standard InChI is InChI=1S/C30H30N4OS/c1-4-21-11-15-24(16-12-21)27-26(20(3)34(30(36)31-27)19-23-9-7-6-8-10-23)29-32-28(33-35-29)25-17-13-22(5-2)14-18-25/h6-18,27H,4-5,19H2,1-3H3,(H,31,36). The minimum absolute atomic E-state index is 0.189. The highest BCUT2D eigenvalue weighted by molar-refractivity contribution is 7.80. The van der Waals surface area contributed by atoms with Crippen molar-refractivity contribution >= 4 is 22.9 Å². The van der Waals surface area contributed by atoms with Crippen molar-refractivity contribution < 1.29 is 4.52 Å². The van der Waals surface area contributed by atoms with Gasteiger partial charge in [-0.15, -0.1) is 0 Å². The second kappa shape index (κ2) is 10.5. The van der Waals surface area contributed by atoms with Crippen LogP contribution in [0.15, 0.2) is 89.1 Å². The summed E-state index contributed by atoms with van der Waals surface area (Å²) >= 11 is 5.85. The van der Waals surface area contributed by atoms with Crippen molar-refractivity contribution in [3.63, 3.8) is 0 Å². The Morgan fingerprint density at radius 3 is 2.14 bits per heavy atom.